The van der Waals surface area contributed by atoms with E-state index in [9.17, 15) is 9.59 Å². The monoisotopic (exact) mass is 535 g/mol. The van der Waals surface area contributed by atoms with Gasteiger partial charge in [0.05, 0.1) is 10.9 Å². The number of rotatable bonds is 7. The predicted molar refractivity (Wildman–Crippen MR) is 156 cm³/mol. The molecule has 0 aliphatic carbocycles. The maximum Gasteiger partial charge on any atom is 0.255 e. The molecular formula is C30H34ClN3O4. The Morgan fingerprint density at radius 2 is 1.55 bits per heavy atom. The van der Waals surface area contributed by atoms with Crippen molar-refractivity contribution in [1.82, 2.24) is 10.2 Å². The van der Waals surface area contributed by atoms with Crippen molar-refractivity contribution in [2.45, 2.75) is 13.3 Å². The number of hydrogen-bond donors (Lipinski definition) is 1. The van der Waals surface area contributed by atoms with E-state index in [0.717, 1.165) is 44.7 Å². The second-order valence-corrected chi connectivity index (χ2v) is 9.21. The van der Waals surface area contributed by atoms with Crippen molar-refractivity contribution in [1.29, 1.82) is 0 Å². The van der Waals surface area contributed by atoms with E-state index < -0.39 is 0 Å². The molecule has 5 rings (SSSR count). The second-order valence-electron chi connectivity index (χ2n) is 9.21. The van der Waals surface area contributed by atoms with Crippen molar-refractivity contribution in [3.63, 3.8) is 0 Å². The van der Waals surface area contributed by atoms with Crippen molar-refractivity contribution in [2.75, 3.05) is 44.2 Å². The molecule has 0 atom stereocenters. The van der Waals surface area contributed by atoms with Crippen molar-refractivity contribution in [2.24, 2.45) is 0 Å². The molecule has 1 aromatic heterocycles. The molecule has 7 nitrogen and oxygen atoms in total. The highest BCUT2D eigenvalue weighted by atomic mass is 35.5. The van der Waals surface area contributed by atoms with Gasteiger partial charge in [0, 0.05) is 49.5 Å². The van der Waals surface area contributed by atoms with Gasteiger partial charge in [-0.25, -0.2) is 0 Å². The number of nitrogens with zero attached hydrogens (tertiary/aromatic N) is 2. The topological polar surface area (TPSA) is 97.3 Å². The maximum atomic E-state index is 13.1. The lowest BCUT2D eigenvalue weighted by Gasteiger charge is -2.36. The van der Waals surface area contributed by atoms with Crippen molar-refractivity contribution in [3.05, 3.63) is 100 Å². The van der Waals surface area contributed by atoms with Gasteiger partial charge in [0.15, 0.2) is 11.0 Å². The van der Waals surface area contributed by atoms with Gasteiger partial charge in [-0.1, -0.05) is 54.6 Å². The van der Waals surface area contributed by atoms with Crippen LogP contribution in [0, 0.1) is 6.92 Å². The Morgan fingerprint density at radius 1 is 0.895 bits per heavy atom. The molecular weight excluding hydrogens is 502 g/mol. The molecule has 3 N–H and O–H groups in total. The van der Waals surface area contributed by atoms with Gasteiger partial charge >= 0.3 is 0 Å². The van der Waals surface area contributed by atoms with Gasteiger partial charge in [0.25, 0.3) is 5.91 Å². The van der Waals surface area contributed by atoms with Crippen LogP contribution in [0.3, 0.4) is 0 Å². The number of nitrogens with one attached hydrogen (secondary N) is 1. The summed E-state index contributed by atoms with van der Waals surface area (Å²) in [6.45, 7) is 7.31. The number of benzene rings is 3. The lowest BCUT2D eigenvalue weighted by atomic mass is 10.0. The number of piperazine rings is 1. The average molecular weight is 536 g/mol. The first-order chi connectivity index (χ1) is 17.6. The lowest BCUT2D eigenvalue weighted by Crippen LogP contribution is -2.47. The second kappa shape index (κ2) is 13.2. The Bertz CT molecular complexity index is 1400. The van der Waals surface area contributed by atoms with E-state index >= 15 is 0 Å². The molecule has 0 radical (unpaired) electrons. The van der Waals surface area contributed by atoms with Crippen LogP contribution in [0.15, 0.2) is 88.1 Å². The fourth-order valence-electron chi connectivity index (χ4n) is 4.82. The zero-order chi connectivity index (χ0) is 24.9. The molecule has 1 fully saturated rings. The van der Waals surface area contributed by atoms with E-state index in [2.05, 4.69) is 39.4 Å². The summed E-state index contributed by atoms with van der Waals surface area (Å²) in [4.78, 5) is 31.0. The number of carbonyl (C=O) groups excluding carboxylic acids is 1. The minimum absolute atomic E-state index is 0. The number of anilines is 1. The Balaban J connectivity index is 0.00000200. The van der Waals surface area contributed by atoms with Gasteiger partial charge in [0.2, 0.25) is 0 Å². The van der Waals surface area contributed by atoms with Crippen molar-refractivity contribution >= 4 is 35.0 Å². The van der Waals surface area contributed by atoms with E-state index in [0.29, 0.717) is 34.4 Å². The summed E-state index contributed by atoms with van der Waals surface area (Å²) in [5, 5.41) is 3.45. The highest BCUT2D eigenvalue weighted by Gasteiger charge is 2.19. The van der Waals surface area contributed by atoms with Crippen LogP contribution in [0.4, 0.5) is 5.69 Å². The van der Waals surface area contributed by atoms with Gasteiger partial charge in [-0.15, -0.1) is 12.4 Å². The Morgan fingerprint density at radius 3 is 2.24 bits per heavy atom. The van der Waals surface area contributed by atoms with Gasteiger partial charge < -0.3 is 20.1 Å². The molecule has 0 bridgehead atoms. The molecule has 8 heteroatoms. The Kier molecular flexibility index (Phi) is 10.1. The molecule has 1 saturated heterocycles. The molecule has 3 aromatic carbocycles. The zero-order valence-electron chi connectivity index (χ0n) is 21.5. The number of halogens is 1. The summed E-state index contributed by atoms with van der Waals surface area (Å²) in [5.41, 5.74) is 3.24. The third-order valence-electron chi connectivity index (χ3n) is 6.86. The van der Waals surface area contributed by atoms with Crippen LogP contribution in [-0.2, 0) is 0 Å². The summed E-state index contributed by atoms with van der Waals surface area (Å²) in [5.74, 6) is 0.281. The molecule has 0 spiro atoms. The van der Waals surface area contributed by atoms with Gasteiger partial charge in [-0.3, -0.25) is 14.5 Å². The van der Waals surface area contributed by atoms with Crippen molar-refractivity contribution < 1.29 is 14.7 Å². The minimum Gasteiger partial charge on any atom is -0.455 e. The summed E-state index contributed by atoms with van der Waals surface area (Å²) in [6, 6.07) is 25.2. The lowest BCUT2D eigenvalue weighted by molar-refractivity contribution is 0.0952. The largest absolute Gasteiger partial charge is 0.455 e. The van der Waals surface area contributed by atoms with Crippen LogP contribution in [0.25, 0.3) is 22.3 Å². The molecule has 1 aliphatic rings. The van der Waals surface area contributed by atoms with Crippen LogP contribution in [0.1, 0.15) is 22.3 Å². The van der Waals surface area contributed by atoms with Gasteiger partial charge in [-0.05, 0) is 44.2 Å². The fourth-order valence-corrected chi connectivity index (χ4v) is 4.82. The molecule has 1 amide bonds. The molecule has 2 heterocycles. The third-order valence-corrected chi connectivity index (χ3v) is 6.86. The minimum atomic E-state index is -0.222. The highest BCUT2D eigenvalue weighted by Crippen LogP contribution is 2.27. The Labute approximate surface area is 228 Å². The number of amides is 1. The summed E-state index contributed by atoms with van der Waals surface area (Å²) < 4.78 is 6.19. The smallest absolute Gasteiger partial charge is 0.255 e. The summed E-state index contributed by atoms with van der Waals surface area (Å²) in [7, 11) is 0. The molecule has 38 heavy (non-hydrogen) atoms. The first-order valence-corrected chi connectivity index (χ1v) is 12.5. The average Bonchev–Trinajstić information content (AvgIpc) is 2.94. The third kappa shape index (κ3) is 6.25. The van der Waals surface area contributed by atoms with Crippen LogP contribution in [0.2, 0.25) is 0 Å². The maximum absolute atomic E-state index is 13.1. The predicted octanol–water partition coefficient (Wildman–Crippen LogP) is 4.31. The van der Waals surface area contributed by atoms with Gasteiger partial charge in [0.1, 0.15) is 5.76 Å². The van der Waals surface area contributed by atoms with E-state index in [4.69, 9.17) is 4.42 Å². The van der Waals surface area contributed by atoms with E-state index in [1.54, 1.807) is 25.1 Å². The zero-order valence-corrected chi connectivity index (χ0v) is 22.3. The molecule has 0 saturated carbocycles. The van der Waals surface area contributed by atoms with E-state index in [1.165, 1.54) is 5.69 Å². The number of fused-ring (bicyclic) bond motifs is 1. The molecule has 4 aromatic rings. The number of carbonyl (C=O) groups is 1. The van der Waals surface area contributed by atoms with E-state index in [-0.39, 0.29) is 29.2 Å². The first-order valence-electron chi connectivity index (χ1n) is 12.5. The van der Waals surface area contributed by atoms with Crippen LogP contribution in [-0.4, -0.2) is 55.6 Å². The quantitative estimate of drug-likeness (QED) is 0.356. The Hall–Kier alpha value is -3.65. The van der Waals surface area contributed by atoms with E-state index in [1.807, 2.05) is 36.4 Å². The van der Waals surface area contributed by atoms with Crippen LogP contribution >= 0.6 is 12.4 Å². The highest BCUT2D eigenvalue weighted by molar-refractivity contribution is 6.05. The molecule has 200 valence electrons. The number of para-hydroxylation sites is 2. The normalized spacial score (nSPS) is 13.4. The first kappa shape index (κ1) is 28.9. The molecule has 1 aliphatic heterocycles. The number of hydrogen-bond acceptors (Lipinski definition) is 5. The van der Waals surface area contributed by atoms with Crippen LogP contribution < -0.4 is 15.6 Å². The standard InChI is InChI=1S/C30H31N3O3.ClH.H2O/c1-22-27(34)25-14-8-15-26(29(25)36-28(22)23-10-4-2-5-11-23)30(35)31-16-9-17-32-18-20-33(21-19-32)24-12-6-3-7-13-24;;/h2-8,10-15H,9,16-21H2,1H3,(H,31,35);1H;1H2. The SMILES string of the molecule is Cc1c(-c2ccccc2)oc2c(C(=O)NCCCN3CCN(c4ccccc4)CC3)cccc2c1=O.Cl.O. The fraction of sp³-hybridized carbons (Fsp3) is 0.267. The van der Waals surface area contributed by atoms with Crippen molar-refractivity contribution in [3.8, 4) is 11.3 Å². The van der Waals surface area contributed by atoms with Gasteiger partial charge in [-0.2, -0.15) is 0 Å². The summed E-state index contributed by atoms with van der Waals surface area (Å²) in [6.07, 6.45) is 0.861. The summed E-state index contributed by atoms with van der Waals surface area (Å²) >= 11 is 0. The van der Waals surface area contributed by atoms with Crippen LogP contribution in [0.5, 0.6) is 0 Å². The molecule has 0 unspecified atom stereocenters.